The third-order valence-corrected chi connectivity index (χ3v) is 4.71. The Bertz CT molecular complexity index is 932. The summed E-state index contributed by atoms with van der Waals surface area (Å²) >= 11 is 0. The number of nitrogens with one attached hydrogen (secondary N) is 1. The Morgan fingerprint density at radius 3 is 2.69 bits per heavy atom. The van der Waals surface area contributed by atoms with Crippen molar-refractivity contribution in [3.05, 3.63) is 71.4 Å². The second kappa shape index (κ2) is 7.04. The van der Waals surface area contributed by atoms with Crippen LogP contribution < -0.4 is 10.1 Å². The summed E-state index contributed by atoms with van der Waals surface area (Å²) in [5.41, 5.74) is 4.06. The minimum Gasteiger partial charge on any atom is -0.496 e. The topological polar surface area (TPSA) is 56.1 Å². The first-order valence-electron chi connectivity index (χ1n) is 8.84. The van der Waals surface area contributed by atoms with Gasteiger partial charge in [0.05, 0.1) is 24.9 Å². The highest BCUT2D eigenvalue weighted by molar-refractivity contribution is 5.93. The zero-order valence-electron chi connectivity index (χ0n) is 14.7. The van der Waals surface area contributed by atoms with Gasteiger partial charge >= 0.3 is 0 Å². The number of fused-ring (bicyclic) bond motifs is 1. The van der Waals surface area contributed by atoms with Crippen LogP contribution in [0, 0.1) is 0 Å². The molecule has 3 aromatic rings. The Labute approximate surface area is 152 Å². The normalized spacial score (nSPS) is 12.7. The number of para-hydroxylation sites is 2. The van der Waals surface area contributed by atoms with E-state index in [1.165, 1.54) is 0 Å². The molecular formula is C21H21N3O2. The molecule has 132 valence electrons. The lowest BCUT2D eigenvalue weighted by Gasteiger charge is -2.12. The first-order chi connectivity index (χ1) is 12.8. The predicted octanol–water partition coefficient (Wildman–Crippen LogP) is 3.55. The lowest BCUT2D eigenvalue weighted by molar-refractivity contribution is -0.115. The van der Waals surface area contributed by atoms with Gasteiger partial charge in [-0.25, -0.2) is 4.68 Å². The molecule has 0 spiro atoms. The lowest BCUT2D eigenvalue weighted by Crippen LogP contribution is -2.18. The van der Waals surface area contributed by atoms with E-state index in [0.717, 1.165) is 53.3 Å². The number of aryl methyl sites for hydroxylation is 1. The van der Waals surface area contributed by atoms with E-state index in [2.05, 4.69) is 5.32 Å². The highest BCUT2D eigenvalue weighted by Crippen LogP contribution is 2.31. The van der Waals surface area contributed by atoms with Gasteiger partial charge in [-0.3, -0.25) is 4.79 Å². The van der Waals surface area contributed by atoms with Gasteiger partial charge in [0.2, 0.25) is 5.91 Å². The monoisotopic (exact) mass is 347 g/mol. The molecule has 0 fully saturated rings. The summed E-state index contributed by atoms with van der Waals surface area (Å²) in [6, 6.07) is 17.5. The van der Waals surface area contributed by atoms with Gasteiger partial charge in [0.25, 0.3) is 0 Å². The average molecular weight is 347 g/mol. The first kappa shape index (κ1) is 16.4. The van der Waals surface area contributed by atoms with E-state index in [1.54, 1.807) is 7.11 Å². The Morgan fingerprint density at radius 2 is 1.88 bits per heavy atom. The molecule has 0 aliphatic heterocycles. The highest BCUT2D eigenvalue weighted by atomic mass is 16.5. The quantitative estimate of drug-likeness (QED) is 0.768. The second-order valence-electron chi connectivity index (χ2n) is 6.41. The number of nitrogens with zero attached hydrogens (tertiary/aromatic N) is 2. The summed E-state index contributed by atoms with van der Waals surface area (Å²) < 4.78 is 7.20. The molecule has 0 atom stereocenters. The zero-order valence-corrected chi connectivity index (χ0v) is 14.7. The molecule has 1 aromatic heterocycles. The molecule has 0 bridgehead atoms. The highest BCUT2D eigenvalue weighted by Gasteiger charge is 2.24. The van der Waals surface area contributed by atoms with Crippen molar-refractivity contribution in [2.75, 3.05) is 12.4 Å². The van der Waals surface area contributed by atoms with Crippen molar-refractivity contribution >= 4 is 11.7 Å². The smallest absolute Gasteiger partial charge is 0.230 e. The maximum absolute atomic E-state index is 12.7. The summed E-state index contributed by atoms with van der Waals surface area (Å²) in [4.78, 5) is 12.7. The van der Waals surface area contributed by atoms with Crippen molar-refractivity contribution in [1.82, 2.24) is 9.78 Å². The van der Waals surface area contributed by atoms with Gasteiger partial charge in [-0.05, 0) is 37.5 Å². The number of benzene rings is 2. The number of ether oxygens (including phenoxy) is 1. The molecule has 5 nitrogen and oxygen atoms in total. The zero-order chi connectivity index (χ0) is 17.9. The van der Waals surface area contributed by atoms with Gasteiger partial charge < -0.3 is 10.1 Å². The summed E-state index contributed by atoms with van der Waals surface area (Å²) in [7, 11) is 1.62. The third kappa shape index (κ3) is 3.08. The molecular weight excluding hydrogens is 326 g/mol. The van der Waals surface area contributed by atoms with Crippen LogP contribution in [0.2, 0.25) is 0 Å². The second-order valence-corrected chi connectivity index (χ2v) is 6.41. The molecule has 2 aromatic carbocycles. The average Bonchev–Trinajstić information content (AvgIpc) is 3.25. The molecule has 1 N–H and O–H groups in total. The summed E-state index contributed by atoms with van der Waals surface area (Å²) in [5, 5.41) is 7.83. The van der Waals surface area contributed by atoms with Crippen LogP contribution in [0.3, 0.4) is 0 Å². The number of hydrogen-bond donors (Lipinski definition) is 1. The van der Waals surface area contributed by atoms with Crippen molar-refractivity contribution in [2.45, 2.75) is 25.7 Å². The number of carbonyl (C=O) groups is 1. The number of carbonyl (C=O) groups excluding carboxylic acids is 1. The van der Waals surface area contributed by atoms with Crippen LogP contribution in [-0.2, 0) is 24.1 Å². The molecule has 0 unspecified atom stereocenters. The Balaban J connectivity index is 1.63. The van der Waals surface area contributed by atoms with Crippen LogP contribution in [0.15, 0.2) is 54.6 Å². The van der Waals surface area contributed by atoms with Crippen molar-refractivity contribution in [3.63, 3.8) is 0 Å². The van der Waals surface area contributed by atoms with E-state index in [0.29, 0.717) is 0 Å². The van der Waals surface area contributed by atoms with Gasteiger partial charge in [0, 0.05) is 11.1 Å². The number of anilines is 1. The molecule has 1 amide bonds. The van der Waals surface area contributed by atoms with E-state index in [-0.39, 0.29) is 12.3 Å². The number of aromatic nitrogens is 2. The van der Waals surface area contributed by atoms with Crippen molar-refractivity contribution < 1.29 is 9.53 Å². The number of rotatable bonds is 5. The molecule has 1 heterocycles. The Kier molecular flexibility index (Phi) is 4.44. The molecule has 1 aliphatic carbocycles. The fourth-order valence-electron chi connectivity index (χ4n) is 3.47. The third-order valence-electron chi connectivity index (χ3n) is 4.71. The van der Waals surface area contributed by atoms with Gasteiger partial charge in [-0.15, -0.1) is 0 Å². The van der Waals surface area contributed by atoms with Crippen molar-refractivity contribution in [2.24, 2.45) is 0 Å². The molecule has 4 rings (SSSR count). The Morgan fingerprint density at radius 1 is 1.12 bits per heavy atom. The van der Waals surface area contributed by atoms with E-state index in [9.17, 15) is 4.79 Å². The van der Waals surface area contributed by atoms with Gasteiger partial charge in [0.1, 0.15) is 11.6 Å². The standard InChI is InChI=1S/C21H21N3O2/c1-26-19-13-6-5-8-15(19)14-20(25)22-21-17-11-7-12-18(17)23-24(21)16-9-3-2-4-10-16/h2-6,8-10,13H,7,11-12,14H2,1H3,(H,22,25). The van der Waals surface area contributed by atoms with Crippen LogP contribution in [0.1, 0.15) is 23.2 Å². The van der Waals surface area contributed by atoms with Crippen LogP contribution in [0.5, 0.6) is 5.75 Å². The molecule has 5 heteroatoms. The van der Waals surface area contributed by atoms with Crippen LogP contribution in [-0.4, -0.2) is 22.8 Å². The minimum absolute atomic E-state index is 0.0683. The minimum atomic E-state index is -0.0683. The van der Waals surface area contributed by atoms with E-state index in [1.807, 2.05) is 59.3 Å². The largest absolute Gasteiger partial charge is 0.496 e. The molecule has 26 heavy (non-hydrogen) atoms. The van der Waals surface area contributed by atoms with Gasteiger partial charge in [-0.1, -0.05) is 36.4 Å². The predicted molar refractivity (Wildman–Crippen MR) is 101 cm³/mol. The van der Waals surface area contributed by atoms with E-state index >= 15 is 0 Å². The van der Waals surface area contributed by atoms with Gasteiger partial charge in [0.15, 0.2) is 0 Å². The fraction of sp³-hybridized carbons (Fsp3) is 0.238. The molecule has 0 saturated heterocycles. The van der Waals surface area contributed by atoms with Crippen molar-refractivity contribution in [1.29, 1.82) is 0 Å². The fourth-order valence-corrected chi connectivity index (χ4v) is 3.47. The lowest BCUT2D eigenvalue weighted by atomic mass is 10.1. The van der Waals surface area contributed by atoms with Gasteiger partial charge in [-0.2, -0.15) is 5.10 Å². The van der Waals surface area contributed by atoms with E-state index in [4.69, 9.17) is 9.84 Å². The number of methoxy groups -OCH3 is 1. The van der Waals surface area contributed by atoms with Crippen LogP contribution in [0.4, 0.5) is 5.82 Å². The number of hydrogen-bond acceptors (Lipinski definition) is 3. The van der Waals surface area contributed by atoms with E-state index < -0.39 is 0 Å². The molecule has 1 aliphatic rings. The van der Waals surface area contributed by atoms with Crippen molar-refractivity contribution in [3.8, 4) is 11.4 Å². The SMILES string of the molecule is COc1ccccc1CC(=O)Nc1c2c(nn1-c1ccccc1)CCC2. The van der Waals surface area contributed by atoms with Crippen LogP contribution >= 0.6 is 0 Å². The summed E-state index contributed by atoms with van der Waals surface area (Å²) in [6.45, 7) is 0. The number of amides is 1. The molecule has 0 saturated carbocycles. The summed E-state index contributed by atoms with van der Waals surface area (Å²) in [6.07, 6.45) is 3.26. The first-order valence-corrected chi connectivity index (χ1v) is 8.84. The van der Waals surface area contributed by atoms with Crippen LogP contribution in [0.25, 0.3) is 5.69 Å². The maximum Gasteiger partial charge on any atom is 0.230 e. The maximum atomic E-state index is 12.7. The summed E-state index contributed by atoms with van der Waals surface area (Å²) in [5.74, 6) is 1.45. The Hall–Kier alpha value is -3.08. The molecule has 0 radical (unpaired) electrons.